The molecule has 0 radical (unpaired) electrons. The van der Waals surface area contributed by atoms with Crippen LogP contribution < -0.4 is 4.74 Å². The number of pyridine rings is 1. The summed E-state index contributed by atoms with van der Waals surface area (Å²) in [5, 5.41) is -0.406. The van der Waals surface area contributed by atoms with E-state index < -0.39 is 37.2 Å². The number of methoxy groups -OCH3 is 1. The van der Waals surface area contributed by atoms with E-state index in [9.17, 15) is 21.6 Å². The number of hydrogen-bond donors (Lipinski definition) is 0. The third kappa shape index (κ3) is 4.12. The lowest BCUT2D eigenvalue weighted by atomic mass is 10.2. The van der Waals surface area contributed by atoms with Crippen LogP contribution in [0.1, 0.15) is 11.1 Å². The number of ether oxygens (including phenoxy) is 1. The smallest absolute Gasteiger partial charge is 0.417 e. The van der Waals surface area contributed by atoms with E-state index in [1.54, 1.807) is 0 Å². The predicted molar refractivity (Wildman–Crippen MR) is 83.1 cm³/mol. The second-order valence-electron chi connectivity index (χ2n) is 4.72. The van der Waals surface area contributed by atoms with Gasteiger partial charge >= 0.3 is 6.18 Å². The summed E-state index contributed by atoms with van der Waals surface area (Å²) in [4.78, 5) is 3.31. The molecule has 1 aromatic carbocycles. The molecular formula is C14H10Cl2F3NO3S. The summed E-state index contributed by atoms with van der Waals surface area (Å²) in [6.45, 7) is 0. The molecule has 0 atom stereocenters. The maximum atomic E-state index is 12.9. The fourth-order valence-corrected chi connectivity index (χ4v) is 3.72. The van der Waals surface area contributed by atoms with Gasteiger partial charge in [-0.2, -0.15) is 13.2 Å². The van der Waals surface area contributed by atoms with Crippen molar-refractivity contribution in [1.29, 1.82) is 0 Å². The molecule has 10 heteroatoms. The van der Waals surface area contributed by atoms with Crippen LogP contribution in [0.5, 0.6) is 5.88 Å². The van der Waals surface area contributed by atoms with E-state index in [1.165, 1.54) is 19.4 Å². The van der Waals surface area contributed by atoms with Crippen LogP contribution in [-0.2, 0) is 21.8 Å². The van der Waals surface area contributed by atoms with Crippen molar-refractivity contribution in [2.24, 2.45) is 0 Å². The van der Waals surface area contributed by atoms with Gasteiger partial charge in [0.2, 0.25) is 5.88 Å². The van der Waals surface area contributed by atoms with Crippen molar-refractivity contribution in [3.05, 3.63) is 51.6 Å². The Kier molecular flexibility index (Phi) is 5.31. The minimum Gasteiger partial charge on any atom is -0.481 e. The monoisotopic (exact) mass is 399 g/mol. The summed E-state index contributed by atoms with van der Waals surface area (Å²) in [6, 6.07) is 3.73. The van der Waals surface area contributed by atoms with E-state index >= 15 is 0 Å². The predicted octanol–water partition coefficient (Wildman–Crippen LogP) is 4.39. The van der Waals surface area contributed by atoms with Crippen molar-refractivity contribution in [1.82, 2.24) is 4.98 Å². The molecule has 4 nitrogen and oxygen atoms in total. The topological polar surface area (TPSA) is 56.3 Å². The van der Waals surface area contributed by atoms with Crippen LogP contribution in [0.3, 0.4) is 0 Å². The fraction of sp³-hybridized carbons (Fsp3) is 0.214. The number of hydrogen-bond acceptors (Lipinski definition) is 4. The zero-order chi connectivity index (χ0) is 18.1. The van der Waals surface area contributed by atoms with Gasteiger partial charge in [-0.15, -0.1) is 0 Å². The minimum atomic E-state index is -4.77. The average molecular weight is 400 g/mol. The van der Waals surface area contributed by atoms with Crippen LogP contribution in [0, 0.1) is 0 Å². The summed E-state index contributed by atoms with van der Waals surface area (Å²) in [7, 11) is -2.81. The molecule has 0 amide bonds. The Morgan fingerprint density at radius 2 is 1.88 bits per heavy atom. The quantitative estimate of drug-likeness (QED) is 0.764. The number of alkyl halides is 3. The van der Waals surface area contributed by atoms with Gasteiger partial charge in [-0.25, -0.2) is 13.4 Å². The number of sulfone groups is 1. The normalized spacial score (nSPS) is 12.2. The first kappa shape index (κ1) is 18.8. The van der Waals surface area contributed by atoms with Gasteiger partial charge in [-0.3, -0.25) is 0 Å². The Labute approximate surface area is 146 Å². The molecular weight excluding hydrogens is 390 g/mol. The van der Waals surface area contributed by atoms with E-state index in [-0.39, 0.29) is 16.5 Å². The Hall–Kier alpha value is -1.51. The lowest BCUT2D eigenvalue weighted by Gasteiger charge is -2.12. The summed E-state index contributed by atoms with van der Waals surface area (Å²) < 4.78 is 68.5. The van der Waals surface area contributed by atoms with E-state index in [1.807, 2.05) is 0 Å². The number of halogens is 5. The molecule has 0 saturated carbocycles. The van der Waals surface area contributed by atoms with E-state index in [2.05, 4.69) is 4.98 Å². The van der Waals surface area contributed by atoms with Crippen molar-refractivity contribution < 1.29 is 26.3 Å². The molecule has 130 valence electrons. The molecule has 0 N–H and O–H groups in total. The highest BCUT2D eigenvalue weighted by molar-refractivity contribution is 7.90. The van der Waals surface area contributed by atoms with E-state index in [0.717, 1.165) is 12.1 Å². The third-order valence-corrected chi connectivity index (χ3v) is 5.23. The van der Waals surface area contributed by atoms with Crippen molar-refractivity contribution in [3.8, 4) is 5.88 Å². The minimum absolute atomic E-state index is 0.0213. The number of aromatic nitrogens is 1. The van der Waals surface area contributed by atoms with Gasteiger partial charge in [0.25, 0.3) is 0 Å². The Balaban J connectivity index is 2.47. The molecule has 0 saturated heterocycles. The maximum absolute atomic E-state index is 12.9. The molecule has 24 heavy (non-hydrogen) atoms. The molecule has 0 aliphatic rings. The van der Waals surface area contributed by atoms with Gasteiger partial charge in [0, 0.05) is 11.8 Å². The van der Waals surface area contributed by atoms with Crippen molar-refractivity contribution in [2.45, 2.75) is 16.8 Å². The Morgan fingerprint density at radius 3 is 2.46 bits per heavy atom. The van der Waals surface area contributed by atoms with Crippen molar-refractivity contribution in [2.75, 3.05) is 7.11 Å². The molecule has 2 rings (SSSR count). The molecule has 2 aromatic rings. The first-order valence-corrected chi connectivity index (χ1v) is 8.73. The molecule has 0 unspecified atom stereocenters. The molecule has 1 aromatic heterocycles. The standard InChI is InChI=1S/C14H10Cl2F3NO3S/c1-23-13-8(4-9(15)6-20-13)7-24(21,22)10-2-3-12(16)11(5-10)14(17,18)19/h2-6H,7H2,1H3. The van der Waals surface area contributed by atoms with Gasteiger partial charge in [0.05, 0.1) is 33.4 Å². The first-order valence-electron chi connectivity index (χ1n) is 6.32. The lowest BCUT2D eigenvalue weighted by molar-refractivity contribution is -0.137. The van der Waals surface area contributed by atoms with Gasteiger partial charge in [0.1, 0.15) is 0 Å². The largest absolute Gasteiger partial charge is 0.481 e. The van der Waals surface area contributed by atoms with Gasteiger partial charge in [-0.1, -0.05) is 23.2 Å². The van der Waals surface area contributed by atoms with Gasteiger partial charge < -0.3 is 4.74 Å². The zero-order valence-electron chi connectivity index (χ0n) is 12.1. The number of rotatable bonds is 4. The summed E-state index contributed by atoms with van der Waals surface area (Å²) in [5.41, 5.74) is -1.09. The van der Waals surface area contributed by atoms with Crippen LogP contribution in [0.25, 0.3) is 0 Å². The SMILES string of the molecule is COc1ncc(Cl)cc1CS(=O)(=O)c1ccc(Cl)c(C(F)(F)F)c1. The second kappa shape index (κ2) is 6.78. The number of benzene rings is 1. The Morgan fingerprint density at radius 1 is 1.21 bits per heavy atom. The average Bonchev–Trinajstić information content (AvgIpc) is 2.46. The zero-order valence-corrected chi connectivity index (χ0v) is 14.4. The molecule has 0 fully saturated rings. The number of nitrogens with zero attached hydrogens (tertiary/aromatic N) is 1. The lowest BCUT2D eigenvalue weighted by Crippen LogP contribution is -2.11. The summed E-state index contributed by atoms with van der Waals surface area (Å²) in [5.74, 6) is -0.601. The maximum Gasteiger partial charge on any atom is 0.417 e. The molecule has 0 aliphatic heterocycles. The van der Waals surface area contributed by atoms with Crippen LogP contribution in [-0.4, -0.2) is 20.5 Å². The van der Waals surface area contributed by atoms with Gasteiger partial charge in [-0.05, 0) is 24.3 Å². The summed E-state index contributed by atoms with van der Waals surface area (Å²) in [6.07, 6.45) is -3.50. The van der Waals surface area contributed by atoms with E-state index in [0.29, 0.717) is 6.07 Å². The molecule has 0 aliphatic carbocycles. The Bertz CT molecular complexity index is 870. The van der Waals surface area contributed by atoms with Crippen LogP contribution >= 0.6 is 23.2 Å². The van der Waals surface area contributed by atoms with Crippen molar-refractivity contribution in [3.63, 3.8) is 0 Å². The molecule has 1 heterocycles. The van der Waals surface area contributed by atoms with Crippen LogP contribution in [0.4, 0.5) is 13.2 Å². The second-order valence-corrected chi connectivity index (χ2v) is 7.55. The third-order valence-electron chi connectivity index (χ3n) is 3.03. The fourth-order valence-electron chi connectivity index (χ4n) is 1.96. The van der Waals surface area contributed by atoms with Crippen LogP contribution in [0.2, 0.25) is 10.0 Å². The van der Waals surface area contributed by atoms with E-state index in [4.69, 9.17) is 27.9 Å². The first-order chi connectivity index (χ1) is 11.0. The van der Waals surface area contributed by atoms with Crippen molar-refractivity contribution >= 4 is 33.0 Å². The molecule has 0 bridgehead atoms. The summed E-state index contributed by atoms with van der Waals surface area (Å²) >= 11 is 11.3. The highest BCUT2D eigenvalue weighted by atomic mass is 35.5. The highest BCUT2D eigenvalue weighted by Gasteiger charge is 2.34. The van der Waals surface area contributed by atoms with Crippen LogP contribution in [0.15, 0.2) is 35.4 Å². The van der Waals surface area contributed by atoms with Gasteiger partial charge in [0.15, 0.2) is 9.84 Å². The molecule has 0 spiro atoms. The highest BCUT2D eigenvalue weighted by Crippen LogP contribution is 2.36.